The van der Waals surface area contributed by atoms with Crippen LogP contribution in [-0.4, -0.2) is 118 Å². The van der Waals surface area contributed by atoms with Gasteiger partial charge in [-0.05, 0) is 55.9 Å². The number of nitrogens with two attached hydrogens (primary N) is 1. The standard InChI is InChI=1S/C13H26N6O3.C5H6Cl2N4O.C4H11NO.C3H8.C2H3I3.CH4/c1-19(22-4)13-17-11(14-7-5-9-20-2)16-12(18-13)15-8-6-10-21-3;1-11(12-2)5-9-3(6)8-4(7)10-5;1-6-4-2-3-5;1-3-2;1-2(3,4)5;/h5-10H2,1-4H3,(H2,14,15,16,17,18);1-2H3;2-5H2,1H3;3H2,1-2H3;1H3;1H4. The van der Waals surface area contributed by atoms with Crippen molar-refractivity contribution in [3.8, 4) is 0 Å². The van der Waals surface area contributed by atoms with Gasteiger partial charge in [-0.15, -0.1) is 0 Å². The van der Waals surface area contributed by atoms with E-state index in [9.17, 15) is 0 Å². The van der Waals surface area contributed by atoms with E-state index in [1.54, 1.807) is 42.5 Å². The Morgan fingerprint density at radius 3 is 1.29 bits per heavy atom. The van der Waals surface area contributed by atoms with Gasteiger partial charge >= 0.3 is 0 Å². The fraction of sp³-hybridized carbons (Fsp3) is 0.786. The Morgan fingerprint density at radius 2 is 1.00 bits per heavy atom. The Kier molecular flexibility index (Phi) is 42.5. The van der Waals surface area contributed by atoms with Gasteiger partial charge < -0.3 is 30.6 Å². The van der Waals surface area contributed by atoms with E-state index < -0.39 is 0 Å². The van der Waals surface area contributed by atoms with Crippen LogP contribution in [-0.2, 0) is 23.9 Å². The molecular weight excluding hydrogens is 1020 g/mol. The number of nitrogens with zero attached hydrogens (tertiary/aromatic N) is 8. The van der Waals surface area contributed by atoms with Crippen molar-refractivity contribution < 1.29 is 23.9 Å². The average Bonchev–Trinajstić information content (AvgIpc) is 3.03. The zero-order valence-electron chi connectivity index (χ0n) is 29.7. The molecule has 0 spiro atoms. The lowest BCUT2D eigenvalue weighted by atomic mass is 10.4. The molecule has 0 radical (unpaired) electrons. The van der Waals surface area contributed by atoms with Gasteiger partial charge in [0.15, 0.2) is 0 Å². The lowest BCUT2D eigenvalue weighted by Crippen LogP contribution is -2.21. The largest absolute Gasteiger partial charge is 0.385 e. The maximum atomic E-state index is 5.52. The van der Waals surface area contributed by atoms with Crippen molar-refractivity contribution >= 4 is 115 Å². The molecule has 4 N–H and O–H groups in total. The molecule has 2 aromatic heterocycles. The summed E-state index contributed by atoms with van der Waals surface area (Å²) in [6.45, 7) is 10.7. The topological polar surface area (TPSA) is 180 Å². The second-order valence-corrected chi connectivity index (χ2v) is 22.3. The number of methoxy groups -OCH3 is 3. The Hall–Kier alpha value is -0.250. The second kappa shape index (κ2) is 37.5. The second-order valence-electron chi connectivity index (χ2n) is 8.99. The fourth-order valence-electron chi connectivity index (χ4n) is 2.35. The molecule has 0 amide bonds. The third-order valence-corrected chi connectivity index (χ3v) is 4.81. The molecule has 0 aromatic carbocycles. The van der Waals surface area contributed by atoms with Crippen molar-refractivity contribution in [1.82, 2.24) is 29.9 Å². The number of aromatic nitrogens is 6. The van der Waals surface area contributed by atoms with Gasteiger partial charge in [-0.2, -0.15) is 29.9 Å². The molecule has 0 fully saturated rings. The van der Waals surface area contributed by atoms with E-state index in [1.807, 2.05) is 0 Å². The fourth-order valence-corrected chi connectivity index (χ4v) is 2.70. The molecule has 0 aliphatic rings. The Balaban J connectivity index is -0.000000313. The minimum absolute atomic E-state index is 0. The first-order valence-corrected chi connectivity index (χ1v) is 18.8. The predicted octanol–water partition coefficient (Wildman–Crippen LogP) is 6.94. The summed E-state index contributed by atoms with van der Waals surface area (Å²) in [6.07, 6.45) is 3.96. The monoisotopic (exact) mass is 1080 g/mol. The zero-order valence-corrected chi connectivity index (χ0v) is 37.6. The van der Waals surface area contributed by atoms with E-state index in [4.69, 9.17) is 52.8 Å². The quantitative estimate of drug-likeness (QED) is 0.0641. The maximum absolute atomic E-state index is 5.52. The minimum Gasteiger partial charge on any atom is -0.385 e. The van der Waals surface area contributed by atoms with Crippen molar-refractivity contribution in [2.24, 2.45) is 5.73 Å². The zero-order chi connectivity index (χ0) is 37.4. The van der Waals surface area contributed by atoms with Crippen LogP contribution in [0.2, 0.25) is 10.6 Å². The van der Waals surface area contributed by atoms with Crippen molar-refractivity contribution in [2.75, 3.05) is 110 Å². The predicted molar refractivity (Wildman–Crippen MR) is 229 cm³/mol. The number of hydrogen-bond acceptors (Lipinski definition) is 16. The maximum Gasteiger partial charge on any atom is 0.256 e. The lowest BCUT2D eigenvalue weighted by molar-refractivity contribution is 0.179. The molecule has 49 heavy (non-hydrogen) atoms. The number of anilines is 4. The van der Waals surface area contributed by atoms with Crippen LogP contribution >= 0.6 is 91.0 Å². The van der Waals surface area contributed by atoms with E-state index in [2.05, 4.69) is 129 Å². The molecule has 0 aliphatic heterocycles. The van der Waals surface area contributed by atoms with Gasteiger partial charge in [0.25, 0.3) is 11.9 Å². The van der Waals surface area contributed by atoms with E-state index in [0.717, 1.165) is 45.5 Å². The molecule has 21 heteroatoms. The van der Waals surface area contributed by atoms with Crippen LogP contribution in [0.3, 0.4) is 0 Å². The normalized spacial score (nSPS) is 9.88. The molecule has 0 saturated carbocycles. The van der Waals surface area contributed by atoms with Gasteiger partial charge in [0.2, 0.25) is 22.5 Å². The number of nitrogens with one attached hydrogen (secondary N) is 2. The van der Waals surface area contributed by atoms with Crippen LogP contribution in [0.5, 0.6) is 0 Å². The molecular formula is C28H58Cl2I3N11O5. The molecule has 0 aliphatic carbocycles. The highest BCUT2D eigenvalue weighted by Gasteiger charge is 2.10. The van der Waals surface area contributed by atoms with Gasteiger partial charge in [0.05, 0.1) is 14.2 Å². The lowest BCUT2D eigenvalue weighted by Gasteiger charge is -2.16. The highest BCUT2D eigenvalue weighted by molar-refractivity contribution is 14.3. The van der Waals surface area contributed by atoms with Crippen molar-refractivity contribution in [2.45, 2.75) is 53.3 Å². The molecule has 2 heterocycles. The highest BCUT2D eigenvalue weighted by atomic mass is 127. The Bertz CT molecular complexity index is 967. The summed E-state index contributed by atoms with van der Waals surface area (Å²) in [6, 6.07) is 0. The van der Waals surface area contributed by atoms with Crippen LogP contribution in [0, 0.1) is 0 Å². The molecule has 2 rings (SSSR count). The van der Waals surface area contributed by atoms with E-state index in [0.29, 0.717) is 30.5 Å². The number of alkyl halides is 3. The summed E-state index contributed by atoms with van der Waals surface area (Å²) in [4.78, 5) is 34.0. The van der Waals surface area contributed by atoms with Crippen LogP contribution in [0.1, 0.15) is 53.9 Å². The van der Waals surface area contributed by atoms with Crippen LogP contribution < -0.4 is 26.5 Å². The Labute approximate surface area is 345 Å². The third-order valence-electron chi connectivity index (χ3n) is 4.47. The third kappa shape index (κ3) is 38.8. The molecule has 0 bridgehead atoms. The molecule has 0 atom stereocenters. The van der Waals surface area contributed by atoms with E-state index in [-0.39, 0.29) is 23.9 Å². The number of hydroxylamine groups is 2. The van der Waals surface area contributed by atoms with Crippen molar-refractivity contribution in [3.05, 3.63) is 10.6 Å². The minimum atomic E-state index is 0. The van der Waals surface area contributed by atoms with Gasteiger partial charge in [0.1, 0.15) is -0.565 Å². The molecule has 2 aromatic rings. The van der Waals surface area contributed by atoms with E-state index >= 15 is 0 Å². The highest BCUT2D eigenvalue weighted by Crippen LogP contribution is 2.33. The SMILES string of the molecule is C.CC(I)(I)I.CCC.COCCCN.COCCCNc1nc(NCCCOC)nc(N(C)OC)n1.CON(C)c1nc(Cl)nc(Cl)n1. The van der Waals surface area contributed by atoms with Crippen LogP contribution in [0.25, 0.3) is 0 Å². The molecule has 290 valence electrons. The summed E-state index contributed by atoms with van der Waals surface area (Å²) >= 11 is 18.1. The molecule has 0 saturated heterocycles. The smallest absolute Gasteiger partial charge is 0.256 e. The molecule has 0 unspecified atom stereocenters. The summed E-state index contributed by atoms with van der Waals surface area (Å²) < 4.78 is 15.1. The molecule has 16 nitrogen and oxygen atoms in total. The Morgan fingerprint density at radius 1 is 0.673 bits per heavy atom. The first kappa shape index (κ1) is 55.5. The van der Waals surface area contributed by atoms with Crippen LogP contribution in [0.4, 0.5) is 23.8 Å². The number of hydrogen-bond donors (Lipinski definition) is 3. The number of ether oxygens (including phenoxy) is 3. The first-order chi connectivity index (χ1) is 22.7. The van der Waals surface area contributed by atoms with Crippen molar-refractivity contribution in [3.63, 3.8) is 0 Å². The van der Waals surface area contributed by atoms with Crippen molar-refractivity contribution in [1.29, 1.82) is 0 Å². The summed E-state index contributed by atoms with van der Waals surface area (Å²) in [5.41, 5.74) is 5.13. The first-order valence-electron chi connectivity index (χ1n) is 14.8. The van der Waals surface area contributed by atoms with Gasteiger partial charge in [-0.25, -0.2) is 10.1 Å². The number of rotatable bonds is 17. The summed E-state index contributed by atoms with van der Waals surface area (Å²) in [5, 5.41) is 9.17. The summed E-state index contributed by atoms with van der Waals surface area (Å²) in [7, 11) is 11.4. The van der Waals surface area contributed by atoms with Gasteiger partial charge in [-0.3, -0.25) is 9.68 Å². The summed E-state index contributed by atoms with van der Waals surface area (Å²) in [5.74, 6) is 1.70. The average molecular weight is 1080 g/mol. The van der Waals surface area contributed by atoms with Gasteiger partial charge in [0, 0.05) is 68.3 Å². The number of halogens is 5. The van der Waals surface area contributed by atoms with Crippen LogP contribution in [0.15, 0.2) is 0 Å². The van der Waals surface area contributed by atoms with E-state index in [1.165, 1.54) is 23.7 Å². The van der Waals surface area contributed by atoms with Gasteiger partial charge in [-0.1, -0.05) is 95.5 Å².